The molecule has 0 unspecified atom stereocenters. The Morgan fingerprint density at radius 2 is 1.62 bits per heavy atom. The third-order valence-corrected chi connectivity index (χ3v) is 3.71. The monoisotopic (exact) mass is 277 g/mol. The number of hydrogen-bond acceptors (Lipinski definition) is 2. The first kappa shape index (κ1) is 13.6. The summed E-state index contributed by atoms with van der Waals surface area (Å²) in [5.41, 5.74) is 5.57. The van der Waals surface area contributed by atoms with Gasteiger partial charge in [-0.25, -0.2) is 0 Å². The molecule has 0 aliphatic rings. The van der Waals surface area contributed by atoms with Gasteiger partial charge in [0.15, 0.2) is 0 Å². The Kier molecular flexibility index (Phi) is 3.61. The van der Waals surface area contributed by atoms with E-state index < -0.39 is 0 Å². The quantitative estimate of drug-likeness (QED) is 0.690. The van der Waals surface area contributed by atoms with Gasteiger partial charge in [0.2, 0.25) is 0 Å². The molecule has 0 saturated heterocycles. The Hall–Kier alpha value is -2.35. The molecule has 2 nitrogen and oxygen atoms in total. The van der Waals surface area contributed by atoms with Gasteiger partial charge in [-0.1, -0.05) is 36.4 Å². The summed E-state index contributed by atoms with van der Waals surface area (Å²) in [4.78, 5) is 4.57. The lowest BCUT2D eigenvalue weighted by atomic mass is 10.1. The van der Waals surface area contributed by atoms with Crippen molar-refractivity contribution < 1.29 is 4.74 Å². The maximum atomic E-state index is 6.09. The summed E-state index contributed by atoms with van der Waals surface area (Å²) in [7, 11) is 0. The molecule has 0 bridgehead atoms. The highest BCUT2D eigenvalue weighted by molar-refractivity contribution is 5.82. The summed E-state index contributed by atoms with van der Waals surface area (Å²) in [5.74, 6) is 0.982. The SMILES string of the molecule is Cc1cc(COc2c(C)cccc2C)c2ccccc2n1. The van der Waals surface area contributed by atoms with E-state index in [2.05, 4.69) is 49.2 Å². The zero-order valence-corrected chi connectivity index (χ0v) is 12.7. The summed E-state index contributed by atoms with van der Waals surface area (Å²) in [5, 5.41) is 1.16. The van der Waals surface area contributed by atoms with Crippen LogP contribution in [0.15, 0.2) is 48.5 Å². The lowest BCUT2D eigenvalue weighted by molar-refractivity contribution is 0.303. The van der Waals surface area contributed by atoms with Crippen LogP contribution >= 0.6 is 0 Å². The Morgan fingerprint density at radius 3 is 2.38 bits per heavy atom. The number of rotatable bonds is 3. The van der Waals surface area contributed by atoms with Gasteiger partial charge in [0.25, 0.3) is 0 Å². The van der Waals surface area contributed by atoms with Gasteiger partial charge >= 0.3 is 0 Å². The topological polar surface area (TPSA) is 22.1 Å². The zero-order valence-electron chi connectivity index (χ0n) is 12.7. The van der Waals surface area contributed by atoms with Crippen LogP contribution in [0.3, 0.4) is 0 Å². The van der Waals surface area contributed by atoms with Crippen molar-refractivity contribution in [1.82, 2.24) is 4.98 Å². The molecule has 0 radical (unpaired) electrons. The normalized spacial score (nSPS) is 10.8. The number of ether oxygens (including phenoxy) is 1. The zero-order chi connectivity index (χ0) is 14.8. The molecule has 0 fully saturated rings. The lowest BCUT2D eigenvalue weighted by Gasteiger charge is -2.13. The number of aryl methyl sites for hydroxylation is 3. The standard InChI is InChI=1S/C19H19NO/c1-13-7-6-8-14(2)19(13)21-12-16-11-15(3)20-18-10-5-4-9-17(16)18/h4-11H,12H2,1-3H3. The van der Waals surface area contributed by atoms with Crippen molar-refractivity contribution >= 4 is 10.9 Å². The highest BCUT2D eigenvalue weighted by Crippen LogP contribution is 2.25. The second-order valence-electron chi connectivity index (χ2n) is 5.45. The van der Waals surface area contributed by atoms with Gasteiger partial charge in [0.1, 0.15) is 12.4 Å². The molecule has 0 saturated carbocycles. The first-order valence-corrected chi connectivity index (χ1v) is 7.19. The van der Waals surface area contributed by atoms with Crippen molar-refractivity contribution in [2.24, 2.45) is 0 Å². The van der Waals surface area contributed by atoms with Crippen LogP contribution in [0, 0.1) is 20.8 Å². The summed E-state index contributed by atoms with van der Waals surface area (Å²) >= 11 is 0. The molecule has 0 N–H and O–H groups in total. The van der Waals surface area contributed by atoms with E-state index in [0.717, 1.165) is 22.3 Å². The molecule has 3 aromatic rings. The van der Waals surface area contributed by atoms with E-state index in [0.29, 0.717) is 6.61 Å². The Morgan fingerprint density at radius 1 is 0.905 bits per heavy atom. The molecule has 0 aliphatic carbocycles. The molecule has 0 atom stereocenters. The minimum absolute atomic E-state index is 0.565. The predicted molar refractivity (Wildman–Crippen MR) is 86.7 cm³/mol. The van der Waals surface area contributed by atoms with Crippen molar-refractivity contribution in [3.05, 3.63) is 70.9 Å². The first-order valence-electron chi connectivity index (χ1n) is 7.19. The predicted octanol–water partition coefficient (Wildman–Crippen LogP) is 4.74. The van der Waals surface area contributed by atoms with E-state index in [-0.39, 0.29) is 0 Å². The average Bonchev–Trinajstić information content (AvgIpc) is 2.46. The third-order valence-electron chi connectivity index (χ3n) is 3.71. The van der Waals surface area contributed by atoms with Crippen LogP contribution in [0.25, 0.3) is 10.9 Å². The van der Waals surface area contributed by atoms with Gasteiger partial charge in [0.05, 0.1) is 5.52 Å². The van der Waals surface area contributed by atoms with Gasteiger partial charge in [-0.05, 0) is 44.0 Å². The molecule has 0 spiro atoms. The fourth-order valence-electron chi connectivity index (χ4n) is 2.69. The molecular weight excluding hydrogens is 258 g/mol. The van der Waals surface area contributed by atoms with Crippen LogP contribution in [0.2, 0.25) is 0 Å². The number of pyridine rings is 1. The Bertz CT molecular complexity index is 772. The Balaban J connectivity index is 1.95. The van der Waals surface area contributed by atoms with Gasteiger partial charge < -0.3 is 4.74 Å². The molecule has 1 heterocycles. The van der Waals surface area contributed by atoms with Crippen LogP contribution in [0.1, 0.15) is 22.4 Å². The number of nitrogens with zero attached hydrogens (tertiary/aromatic N) is 1. The molecule has 0 amide bonds. The molecule has 3 rings (SSSR count). The van der Waals surface area contributed by atoms with E-state index in [1.54, 1.807) is 0 Å². The van der Waals surface area contributed by atoms with E-state index in [1.165, 1.54) is 16.7 Å². The lowest BCUT2D eigenvalue weighted by Crippen LogP contribution is -2.01. The third kappa shape index (κ3) is 2.75. The highest BCUT2D eigenvalue weighted by atomic mass is 16.5. The second kappa shape index (κ2) is 5.57. The fraction of sp³-hybridized carbons (Fsp3) is 0.211. The van der Waals surface area contributed by atoms with Crippen LogP contribution < -0.4 is 4.74 Å². The number of para-hydroxylation sites is 2. The van der Waals surface area contributed by atoms with E-state index in [4.69, 9.17) is 4.74 Å². The summed E-state index contributed by atoms with van der Waals surface area (Å²) in [6.45, 7) is 6.75. The van der Waals surface area contributed by atoms with Gasteiger partial charge in [0, 0.05) is 16.6 Å². The van der Waals surface area contributed by atoms with Gasteiger partial charge in [-0.15, -0.1) is 0 Å². The average molecular weight is 277 g/mol. The largest absolute Gasteiger partial charge is 0.488 e. The smallest absolute Gasteiger partial charge is 0.125 e. The van der Waals surface area contributed by atoms with Gasteiger partial charge in [-0.2, -0.15) is 0 Å². The van der Waals surface area contributed by atoms with Crippen molar-refractivity contribution in [2.45, 2.75) is 27.4 Å². The van der Waals surface area contributed by atoms with Crippen LogP contribution in [-0.2, 0) is 6.61 Å². The van der Waals surface area contributed by atoms with Crippen molar-refractivity contribution in [3.8, 4) is 5.75 Å². The minimum atomic E-state index is 0.565. The molecule has 1 aromatic heterocycles. The summed E-state index contributed by atoms with van der Waals surface area (Å²) in [6.07, 6.45) is 0. The van der Waals surface area contributed by atoms with Crippen LogP contribution in [0.5, 0.6) is 5.75 Å². The number of aromatic nitrogens is 1. The molecule has 106 valence electrons. The molecule has 2 aromatic carbocycles. The molecule has 2 heteroatoms. The van der Waals surface area contributed by atoms with Crippen LogP contribution in [-0.4, -0.2) is 4.98 Å². The summed E-state index contributed by atoms with van der Waals surface area (Å²) in [6, 6.07) is 16.5. The van der Waals surface area contributed by atoms with Crippen molar-refractivity contribution in [1.29, 1.82) is 0 Å². The van der Waals surface area contributed by atoms with E-state index >= 15 is 0 Å². The van der Waals surface area contributed by atoms with Crippen LogP contribution in [0.4, 0.5) is 0 Å². The summed E-state index contributed by atoms with van der Waals surface area (Å²) < 4.78 is 6.09. The number of fused-ring (bicyclic) bond motifs is 1. The molecular formula is C19H19NO. The second-order valence-corrected chi connectivity index (χ2v) is 5.45. The Labute approximate surface area is 125 Å². The first-order chi connectivity index (χ1) is 10.1. The number of benzene rings is 2. The maximum Gasteiger partial charge on any atom is 0.125 e. The van der Waals surface area contributed by atoms with Crippen molar-refractivity contribution in [3.63, 3.8) is 0 Å². The van der Waals surface area contributed by atoms with Crippen molar-refractivity contribution in [2.75, 3.05) is 0 Å². The van der Waals surface area contributed by atoms with E-state index in [9.17, 15) is 0 Å². The fourth-order valence-corrected chi connectivity index (χ4v) is 2.69. The van der Waals surface area contributed by atoms with E-state index in [1.807, 2.05) is 25.1 Å². The highest BCUT2D eigenvalue weighted by Gasteiger charge is 2.07. The molecule has 21 heavy (non-hydrogen) atoms. The van der Waals surface area contributed by atoms with Gasteiger partial charge in [-0.3, -0.25) is 4.98 Å². The number of hydrogen-bond donors (Lipinski definition) is 0. The maximum absolute atomic E-state index is 6.09. The minimum Gasteiger partial charge on any atom is -0.488 e. The molecule has 0 aliphatic heterocycles.